The van der Waals surface area contributed by atoms with Crippen molar-refractivity contribution in [2.24, 2.45) is 0 Å². The number of benzene rings is 10. The quantitative estimate of drug-likeness (QED) is 0.159. The van der Waals surface area contributed by atoms with Crippen molar-refractivity contribution in [2.75, 3.05) is 4.90 Å². The minimum atomic E-state index is -0.0205. The minimum Gasteiger partial charge on any atom is -0.456 e. The zero-order valence-electron chi connectivity index (χ0n) is 40.1. The molecule has 0 aliphatic rings. The molecule has 69 heavy (non-hydrogen) atoms. The van der Waals surface area contributed by atoms with Crippen LogP contribution in [0.1, 0.15) is 52.7 Å². The SMILES string of the molecule is CC(C)(C)c1cc(-c2cccc3cccc(-c4ccccc4N(c4ccc5c(c4)c4ccccc4n5-c4ccccc4)c4ccccc4-c4ccc5c(c4)oc4ccccc45)c23)cc(C(C)(C)C)c1. The summed E-state index contributed by atoms with van der Waals surface area (Å²) in [7, 11) is 0. The Labute approximate surface area is 404 Å². The molecule has 0 aliphatic carbocycles. The first-order valence-electron chi connectivity index (χ1n) is 24.2. The van der Waals surface area contributed by atoms with E-state index in [9.17, 15) is 0 Å². The summed E-state index contributed by atoms with van der Waals surface area (Å²) in [6, 6.07) is 80.2. The highest BCUT2D eigenvalue weighted by atomic mass is 16.3. The molecule has 0 unspecified atom stereocenters. The summed E-state index contributed by atoms with van der Waals surface area (Å²) in [4.78, 5) is 2.49. The van der Waals surface area contributed by atoms with E-state index in [0.29, 0.717) is 0 Å². The molecule has 12 rings (SSSR count). The van der Waals surface area contributed by atoms with Crippen LogP contribution in [0.2, 0.25) is 0 Å². The van der Waals surface area contributed by atoms with E-state index >= 15 is 0 Å². The third-order valence-electron chi connectivity index (χ3n) is 14.1. The highest BCUT2D eigenvalue weighted by molar-refractivity contribution is 6.13. The van der Waals surface area contributed by atoms with Crippen molar-refractivity contribution in [1.29, 1.82) is 0 Å². The van der Waals surface area contributed by atoms with Crippen LogP contribution in [0.3, 0.4) is 0 Å². The lowest BCUT2D eigenvalue weighted by molar-refractivity contribution is 0.569. The maximum atomic E-state index is 6.51. The minimum absolute atomic E-state index is 0.0205. The van der Waals surface area contributed by atoms with Crippen LogP contribution in [0.15, 0.2) is 223 Å². The molecule has 3 heteroatoms. The summed E-state index contributed by atoms with van der Waals surface area (Å²) in [6.07, 6.45) is 0. The summed E-state index contributed by atoms with van der Waals surface area (Å²) >= 11 is 0. The monoisotopic (exact) mass is 890 g/mol. The predicted octanol–water partition coefficient (Wildman–Crippen LogP) is 18.9. The number of anilines is 3. The molecule has 0 bridgehead atoms. The lowest BCUT2D eigenvalue weighted by Crippen LogP contribution is -2.16. The summed E-state index contributed by atoms with van der Waals surface area (Å²) < 4.78 is 8.90. The van der Waals surface area contributed by atoms with Crippen LogP contribution in [-0.4, -0.2) is 4.57 Å². The molecule has 10 aromatic carbocycles. The zero-order valence-corrected chi connectivity index (χ0v) is 40.1. The van der Waals surface area contributed by atoms with Gasteiger partial charge in [0.1, 0.15) is 11.2 Å². The molecule has 0 N–H and O–H groups in total. The number of nitrogens with zero attached hydrogens (tertiary/aromatic N) is 2. The van der Waals surface area contributed by atoms with Gasteiger partial charge in [-0.3, -0.25) is 0 Å². The average Bonchev–Trinajstić information content (AvgIpc) is 3.91. The van der Waals surface area contributed by atoms with Gasteiger partial charge in [-0.15, -0.1) is 0 Å². The molecule has 2 aromatic heterocycles. The van der Waals surface area contributed by atoms with E-state index in [1.165, 1.54) is 54.9 Å². The lowest BCUT2D eigenvalue weighted by atomic mass is 9.78. The highest BCUT2D eigenvalue weighted by Crippen LogP contribution is 2.49. The molecule has 0 aliphatic heterocycles. The number of rotatable bonds is 7. The number of furan rings is 1. The second-order valence-electron chi connectivity index (χ2n) is 20.6. The van der Waals surface area contributed by atoms with E-state index < -0.39 is 0 Å². The van der Waals surface area contributed by atoms with Gasteiger partial charge in [0.05, 0.1) is 22.4 Å². The van der Waals surface area contributed by atoms with E-state index in [-0.39, 0.29) is 10.8 Å². The maximum absolute atomic E-state index is 6.51. The molecule has 0 saturated heterocycles. The molecule has 334 valence electrons. The van der Waals surface area contributed by atoms with E-state index in [1.807, 2.05) is 6.07 Å². The first-order chi connectivity index (χ1) is 33.5. The van der Waals surface area contributed by atoms with Crippen molar-refractivity contribution in [3.8, 4) is 39.1 Å². The molecule has 0 fully saturated rings. The molecule has 12 aromatic rings. The van der Waals surface area contributed by atoms with E-state index in [1.54, 1.807) is 0 Å². The molecule has 0 saturated carbocycles. The van der Waals surface area contributed by atoms with Crippen molar-refractivity contribution >= 4 is 71.6 Å². The lowest BCUT2D eigenvalue weighted by Gasteiger charge is -2.30. The Morgan fingerprint density at radius 1 is 0.377 bits per heavy atom. The van der Waals surface area contributed by atoms with E-state index in [2.05, 4.69) is 263 Å². The van der Waals surface area contributed by atoms with Gasteiger partial charge in [0.15, 0.2) is 0 Å². The van der Waals surface area contributed by atoms with E-state index in [0.717, 1.165) is 66.9 Å². The molecular weight excluding hydrogens is 837 g/mol. The largest absolute Gasteiger partial charge is 0.456 e. The van der Waals surface area contributed by atoms with Crippen molar-refractivity contribution in [3.05, 3.63) is 230 Å². The number of para-hydroxylation sites is 5. The van der Waals surface area contributed by atoms with Gasteiger partial charge in [-0.1, -0.05) is 193 Å². The van der Waals surface area contributed by atoms with E-state index in [4.69, 9.17) is 4.42 Å². The predicted molar refractivity (Wildman–Crippen MR) is 294 cm³/mol. The first kappa shape index (κ1) is 42.2. The van der Waals surface area contributed by atoms with Crippen LogP contribution in [-0.2, 0) is 10.8 Å². The maximum Gasteiger partial charge on any atom is 0.136 e. The average molecular weight is 891 g/mol. The number of aromatic nitrogens is 1. The number of hydrogen-bond acceptors (Lipinski definition) is 2. The van der Waals surface area contributed by atoms with Crippen LogP contribution < -0.4 is 4.90 Å². The Balaban J connectivity index is 1.13. The first-order valence-corrected chi connectivity index (χ1v) is 24.2. The normalized spacial score (nSPS) is 12.2. The fourth-order valence-corrected chi connectivity index (χ4v) is 10.5. The molecule has 2 heterocycles. The van der Waals surface area contributed by atoms with Crippen LogP contribution in [0, 0.1) is 0 Å². The highest BCUT2D eigenvalue weighted by Gasteiger charge is 2.26. The van der Waals surface area contributed by atoms with Crippen molar-refractivity contribution < 1.29 is 4.42 Å². The second kappa shape index (κ2) is 16.3. The number of hydrogen-bond donors (Lipinski definition) is 0. The zero-order chi connectivity index (χ0) is 47.0. The summed E-state index contributed by atoms with van der Waals surface area (Å²) in [5, 5.41) is 7.09. The Bertz CT molecular complexity index is 3890. The van der Waals surface area contributed by atoms with Crippen LogP contribution in [0.5, 0.6) is 0 Å². The number of fused-ring (bicyclic) bond motifs is 7. The Hall–Kier alpha value is -8.14. The molecule has 0 amide bonds. The fourth-order valence-electron chi connectivity index (χ4n) is 10.5. The molecule has 3 nitrogen and oxygen atoms in total. The van der Waals surface area contributed by atoms with Crippen molar-refractivity contribution in [1.82, 2.24) is 4.57 Å². The van der Waals surface area contributed by atoms with Gasteiger partial charge in [0, 0.05) is 44.0 Å². The van der Waals surface area contributed by atoms with Crippen molar-refractivity contribution in [2.45, 2.75) is 52.4 Å². The van der Waals surface area contributed by atoms with Gasteiger partial charge in [0.25, 0.3) is 0 Å². The van der Waals surface area contributed by atoms with Gasteiger partial charge < -0.3 is 13.9 Å². The summed E-state index contributed by atoms with van der Waals surface area (Å²) in [5.41, 5.74) is 18.1. The summed E-state index contributed by atoms with van der Waals surface area (Å²) in [5.74, 6) is 0. The van der Waals surface area contributed by atoms with Crippen LogP contribution >= 0.6 is 0 Å². The molecule has 0 spiro atoms. The smallest absolute Gasteiger partial charge is 0.136 e. The Kier molecular flexibility index (Phi) is 9.97. The topological polar surface area (TPSA) is 21.3 Å². The molecule has 0 radical (unpaired) electrons. The third kappa shape index (κ3) is 7.28. The van der Waals surface area contributed by atoms with Crippen LogP contribution in [0.25, 0.3) is 93.6 Å². The van der Waals surface area contributed by atoms with Crippen molar-refractivity contribution in [3.63, 3.8) is 0 Å². The second-order valence-corrected chi connectivity index (χ2v) is 20.6. The molecular formula is C66H54N2O. The standard InChI is InChI=1S/C66H54N2O/c1-65(2,3)46-38-45(39-47(41-46)66(4,5)6)51-28-18-20-43-21-19-29-56(64(43)51)52-25-11-15-31-59(52)68(49-35-37-61-57(42-49)53-26-12-16-32-60(53)67(61)48-22-8-7-9-23-48)58-30-14-10-24-50(58)44-34-36-55-54-27-13-17-33-62(54)69-63(55)40-44/h7-42H,1-6H3. The van der Waals surface area contributed by atoms with Gasteiger partial charge in [-0.05, 0) is 122 Å². The van der Waals surface area contributed by atoms with Crippen LogP contribution in [0.4, 0.5) is 17.1 Å². The van der Waals surface area contributed by atoms with Gasteiger partial charge >= 0.3 is 0 Å². The van der Waals surface area contributed by atoms with Gasteiger partial charge in [0.2, 0.25) is 0 Å². The van der Waals surface area contributed by atoms with Gasteiger partial charge in [-0.25, -0.2) is 0 Å². The fraction of sp³-hybridized carbons (Fsp3) is 0.121. The summed E-state index contributed by atoms with van der Waals surface area (Å²) in [6.45, 7) is 13.9. The Morgan fingerprint density at radius 3 is 1.70 bits per heavy atom. The third-order valence-corrected chi connectivity index (χ3v) is 14.1. The van der Waals surface area contributed by atoms with Gasteiger partial charge in [-0.2, -0.15) is 0 Å². The Morgan fingerprint density at radius 2 is 0.957 bits per heavy atom. The molecule has 0 atom stereocenters.